The lowest BCUT2D eigenvalue weighted by Gasteiger charge is -1.96. The highest BCUT2D eigenvalue weighted by Crippen LogP contribution is 2.45. The molecule has 4 heteroatoms. The van der Waals surface area contributed by atoms with E-state index in [0.717, 1.165) is 5.82 Å². The maximum atomic E-state index is 5.05. The number of nitrogens with one attached hydrogen (secondary N) is 1. The van der Waals surface area contributed by atoms with Crippen molar-refractivity contribution in [3.8, 4) is 0 Å². The summed E-state index contributed by atoms with van der Waals surface area (Å²) in [5, 5.41) is 6.92. The number of nitrogens with zero attached hydrogens (tertiary/aromatic N) is 2. The Labute approximate surface area is 71.4 Å². The van der Waals surface area contributed by atoms with Gasteiger partial charge in [-0.05, 0) is 19.9 Å². The molecule has 1 fully saturated rings. The van der Waals surface area contributed by atoms with Crippen LogP contribution in [0.5, 0.6) is 0 Å². The van der Waals surface area contributed by atoms with Gasteiger partial charge >= 0.3 is 0 Å². The third-order valence-electron chi connectivity index (χ3n) is 2.34. The molecule has 1 saturated carbocycles. The van der Waals surface area contributed by atoms with Gasteiger partial charge in [0.15, 0.2) is 5.82 Å². The van der Waals surface area contributed by atoms with Gasteiger partial charge < -0.3 is 9.84 Å². The third kappa shape index (κ3) is 1.22. The lowest BCUT2D eigenvalue weighted by Crippen LogP contribution is -2.06. The van der Waals surface area contributed by atoms with Gasteiger partial charge in [0.05, 0.1) is 6.54 Å². The summed E-state index contributed by atoms with van der Waals surface area (Å²) in [6, 6.07) is 0. The Hall–Kier alpha value is -0.900. The molecule has 0 radical (unpaired) electrons. The van der Waals surface area contributed by atoms with Crippen LogP contribution >= 0.6 is 0 Å². The molecule has 0 bridgehead atoms. The van der Waals surface area contributed by atoms with E-state index in [9.17, 15) is 0 Å². The SMILES string of the molecule is CNCc1nc(C2(C)CC2)no1. The second-order valence-corrected chi connectivity index (χ2v) is 3.60. The van der Waals surface area contributed by atoms with Crippen LogP contribution in [0.2, 0.25) is 0 Å². The van der Waals surface area contributed by atoms with E-state index >= 15 is 0 Å². The highest BCUT2D eigenvalue weighted by Gasteiger charge is 2.43. The zero-order valence-electron chi connectivity index (χ0n) is 7.42. The Bertz CT molecular complexity index is 278. The topological polar surface area (TPSA) is 51.0 Å². The molecule has 0 atom stereocenters. The van der Waals surface area contributed by atoms with E-state index < -0.39 is 0 Å². The molecule has 1 N–H and O–H groups in total. The highest BCUT2D eigenvalue weighted by atomic mass is 16.5. The van der Waals surface area contributed by atoms with Crippen molar-refractivity contribution in [3.63, 3.8) is 0 Å². The molecule has 1 heterocycles. The quantitative estimate of drug-likeness (QED) is 0.724. The van der Waals surface area contributed by atoms with Crippen LogP contribution in [0.15, 0.2) is 4.52 Å². The van der Waals surface area contributed by atoms with Crippen LogP contribution in [0.25, 0.3) is 0 Å². The molecule has 0 aromatic carbocycles. The van der Waals surface area contributed by atoms with Gasteiger partial charge in [0.25, 0.3) is 0 Å². The van der Waals surface area contributed by atoms with Gasteiger partial charge in [-0.3, -0.25) is 0 Å². The minimum Gasteiger partial charge on any atom is -0.338 e. The second-order valence-electron chi connectivity index (χ2n) is 3.60. The van der Waals surface area contributed by atoms with Crippen molar-refractivity contribution in [1.82, 2.24) is 15.5 Å². The average Bonchev–Trinajstić information content (AvgIpc) is 2.64. The number of hydrogen-bond donors (Lipinski definition) is 1. The maximum absolute atomic E-state index is 5.05. The van der Waals surface area contributed by atoms with Crippen LogP contribution in [0, 0.1) is 0 Å². The zero-order valence-corrected chi connectivity index (χ0v) is 7.42. The molecule has 0 aliphatic heterocycles. The Morgan fingerprint density at radius 1 is 1.58 bits per heavy atom. The van der Waals surface area contributed by atoms with Gasteiger partial charge in [-0.15, -0.1) is 0 Å². The van der Waals surface area contributed by atoms with Crippen LogP contribution < -0.4 is 5.32 Å². The lowest BCUT2D eigenvalue weighted by molar-refractivity contribution is 0.363. The van der Waals surface area contributed by atoms with Gasteiger partial charge in [-0.2, -0.15) is 4.98 Å². The van der Waals surface area contributed by atoms with Gasteiger partial charge in [0.2, 0.25) is 5.89 Å². The molecule has 4 nitrogen and oxygen atoms in total. The monoisotopic (exact) mass is 167 g/mol. The molecule has 0 unspecified atom stereocenters. The summed E-state index contributed by atoms with van der Waals surface area (Å²) in [7, 11) is 1.86. The average molecular weight is 167 g/mol. The van der Waals surface area contributed by atoms with E-state index in [0.29, 0.717) is 12.4 Å². The van der Waals surface area contributed by atoms with Crippen LogP contribution in [-0.2, 0) is 12.0 Å². The number of hydrogen-bond acceptors (Lipinski definition) is 4. The predicted octanol–water partition coefficient (Wildman–Crippen LogP) is 0.841. The van der Waals surface area contributed by atoms with Crippen LogP contribution in [0.4, 0.5) is 0 Å². The molecule has 1 aromatic heterocycles. The van der Waals surface area contributed by atoms with E-state index in [2.05, 4.69) is 22.4 Å². The summed E-state index contributed by atoms with van der Waals surface area (Å²) in [6.07, 6.45) is 2.37. The van der Waals surface area contributed by atoms with Crippen molar-refractivity contribution in [2.24, 2.45) is 0 Å². The van der Waals surface area contributed by atoms with Gasteiger partial charge in [-0.1, -0.05) is 12.1 Å². The van der Waals surface area contributed by atoms with Crippen LogP contribution in [0.3, 0.4) is 0 Å². The van der Waals surface area contributed by atoms with Crippen LogP contribution in [-0.4, -0.2) is 17.2 Å². The first-order valence-corrected chi connectivity index (χ1v) is 4.22. The molecule has 0 amide bonds. The molecular formula is C8H13N3O. The van der Waals surface area contributed by atoms with Gasteiger partial charge in [0, 0.05) is 5.41 Å². The summed E-state index contributed by atoms with van der Waals surface area (Å²) in [5.74, 6) is 1.55. The molecule has 1 aromatic rings. The molecule has 0 saturated heterocycles. The summed E-state index contributed by atoms with van der Waals surface area (Å²) < 4.78 is 5.05. The molecule has 12 heavy (non-hydrogen) atoms. The zero-order chi connectivity index (χ0) is 8.60. The van der Waals surface area contributed by atoms with Crippen molar-refractivity contribution in [3.05, 3.63) is 11.7 Å². The van der Waals surface area contributed by atoms with E-state index in [1.165, 1.54) is 12.8 Å². The first-order chi connectivity index (χ1) is 5.74. The van der Waals surface area contributed by atoms with Crippen molar-refractivity contribution >= 4 is 0 Å². The van der Waals surface area contributed by atoms with E-state index in [-0.39, 0.29) is 5.41 Å². The van der Waals surface area contributed by atoms with Crippen molar-refractivity contribution in [2.45, 2.75) is 31.7 Å². The first kappa shape index (κ1) is 7.73. The fourth-order valence-corrected chi connectivity index (χ4v) is 1.13. The van der Waals surface area contributed by atoms with Crippen molar-refractivity contribution in [2.75, 3.05) is 7.05 Å². The maximum Gasteiger partial charge on any atom is 0.240 e. The molecule has 66 valence electrons. The Morgan fingerprint density at radius 3 is 2.92 bits per heavy atom. The third-order valence-corrected chi connectivity index (χ3v) is 2.34. The van der Waals surface area contributed by atoms with Gasteiger partial charge in [0.1, 0.15) is 0 Å². The molecule has 1 aliphatic carbocycles. The fraction of sp³-hybridized carbons (Fsp3) is 0.750. The lowest BCUT2D eigenvalue weighted by atomic mass is 10.1. The summed E-state index contributed by atoms with van der Waals surface area (Å²) in [5.41, 5.74) is 0.218. The fourth-order valence-electron chi connectivity index (χ4n) is 1.13. The Morgan fingerprint density at radius 2 is 2.33 bits per heavy atom. The normalized spacial score (nSPS) is 19.5. The van der Waals surface area contributed by atoms with Crippen molar-refractivity contribution < 1.29 is 4.52 Å². The smallest absolute Gasteiger partial charge is 0.240 e. The predicted molar refractivity (Wildman–Crippen MR) is 43.6 cm³/mol. The number of rotatable bonds is 3. The van der Waals surface area contributed by atoms with E-state index in [1.54, 1.807) is 0 Å². The Balaban J connectivity index is 2.13. The molecule has 2 rings (SSSR count). The minimum atomic E-state index is 0.218. The summed E-state index contributed by atoms with van der Waals surface area (Å²) in [6.45, 7) is 2.82. The molecule has 0 spiro atoms. The van der Waals surface area contributed by atoms with Crippen molar-refractivity contribution in [1.29, 1.82) is 0 Å². The second kappa shape index (κ2) is 2.55. The highest BCUT2D eigenvalue weighted by molar-refractivity contribution is 5.14. The first-order valence-electron chi connectivity index (χ1n) is 4.22. The largest absolute Gasteiger partial charge is 0.338 e. The minimum absolute atomic E-state index is 0.218. The summed E-state index contributed by atoms with van der Waals surface area (Å²) >= 11 is 0. The van der Waals surface area contributed by atoms with Crippen LogP contribution in [0.1, 0.15) is 31.5 Å². The molecular weight excluding hydrogens is 154 g/mol. The summed E-state index contributed by atoms with van der Waals surface area (Å²) in [4.78, 5) is 4.29. The number of aromatic nitrogens is 2. The standard InChI is InChI=1S/C8H13N3O/c1-8(3-4-8)7-10-6(5-9-2)12-11-7/h9H,3-5H2,1-2H3. The van der Waals surface area contributed by atoms with E-state index in [1.807, 2.05) is 7.05 Å². The molecule has 1 aliphatic rings. The van der Waals surface area contributed by atoms with Gasteiger partial charge in [-0.25, -0.2) is 0 Å². The Kier molecular flexibility index (Phi) is 1.65. The van der Waals surface area contributed by atoms with E-state index in [4.69, 9.17) is 4.52 Å².